The Bertz CT molecular complexity index is 746. The van der Waals surface area contributed by atoms with Gasteiger partial charge >= 0.3 is 0 Å². The Morgan fingerprint density at radius 3 is 2.54 bits per heavy atom. The van der Waals surface area contributed by atoms with Crippen molar-refractivity contribution in [1.29, 1.82) is 0 Å². The Balaban J connectivity index is 2.03. The Morgan fingerprint density at radius 2 is 1.96 bits per heavy atom. The highest BCUT2D eigenvalue weighted by Crippen LogP contribution is 2.44. The number of benzene rings is 2. The van der Waals surface area contributed by atoms with E-state index < -0.39 is 0 Å². The molecule has 1 atom stereocenters. The largest absolute Gasteiger partial charge is 0.497 e. The first-order valence-electron chi connectivity index (χ1n) is 7.97. The van der Waals surface area contributed by atoms with Crippen molar-refractivity contribution < 1.29 is 9.13 Å². The molecule has 0 saturated heterocycles. The van der Waals surface area contributed by atoms with Crippen molar-refractivity contribution in [3.05, 3.63) is 63.9 Å². The summed E-state index contributed by atoms with van der Waals surface area (Å²) in [4.78, 5) is 2.24. The van der Waals surface area contributed by atoms with Gasteiger partial charge in [-0.3, -0.25) is 4.90 Å². The number of fused-ring (bicyclic) bond motifs is 1. The molecule has 2 aromatic carbocycles. The Labute approximate surface area is 147 Å². The van der Waals surface area contributed by atoms with E-state index in [0.29, 0.717) is 29.4 Å². The van der Waals surface area contributed by atoms with Crippen molar-refractivity contribution in [2.45, 2.75) is 32.0 Å². The number of nitrogens with two attached hydrogens (primary N) is 1. The molecule has 0 fully saturated rings. The summed E-state index contributed by atoms with van der Waals surface area (Å²) in [6.45, 7) is 5.18. The standard InChI is InChI=1S/C19H22ClFN2O/c1-19(2,12-4-6-13(20)7-5-12)23-11-16-15(18(23)10-22)8-14(24-3)9-17(16)21/h4-9,18H,10-11,22H2,1-3H3. The molecule has 0 aromatic heterocycles. The molecule has 1 aliphatic heterocycles. The molecule has 0 saturated carbocycles. The van der Waals surface area contributed by atoms with Crippen molar-refractivity contribution in [2.75, 3.05) is 13.7 Å². The van der Waals surface area contributed by atoms with Gasteiger partial charge in [-0.2, -0.15) is 0 Å². The predicted octanol–water partition coefficient (Wildman–Crippen LogP) is 4.24. The van der Waals surface area contributed by atoms with Gasteiger partial charge in [-0.1, -0.05) is 23.7 Å². The van der Waals surface area contributed by atoms with Crippen LogP contribution < -0.4 is 10.5 Å². The summed E-state index contributed by atoms with van der Waals surface area (Å²) in [6, 6.07) is 11.0. The molecule has 5 heteroatoms. The van der Waals surface area contributed by atoms with Crippen molar-refractivity contribution in [1.82, 2.24) is 4.90 Å². The molecule has 0 aliphatic carbocycles. The summed E-state index contributed by atoms with van der Waals surface area (Å²) in [5, 5.41) is 0.699. The smallest absolute Gasteiger partial charge is 0.131 e. The van der Waals surface area contributed by atoms with Crippen LogP contribution in [0.4, 0.5) is 4.39 Å². The van der Waals surface area contributed by atoms with E-state index in [1.54, 1.807) is 7.11 Å². The summed E-state index contributed by atoms with van der Waals surface area (Å²) in [5.41, 5.74) is 8.47. The zero-order chi connectivity index (χ0) is 17.5. The van der Waals surface area contributed by atoms with Gasteiger partial charge < -0.3 is 10.5 Å². The fraction of sp³-hybridized carbons (Fsp3) is 0.368. The molecule has 0 amide bonds. The van der Waals surface area contributed by atoms with Crippen LogP contribution in [0.2, 0.25) is 5.02 Å². The topological polar surface area (TPSA) is 38.5 Å². The van der Waals surface area contributed by atoms with E-state index in [0.717, 1.165) is 11.1 Å². The van der Waals surface area contributed by atoms with Crippen LogP contribution in [0.1, 0.15) is 36.6 Å². The second kappa shape index (κ2) is 6.36. The molecule has 3 rings (SSSR count). The number of hydrogen-bond donors (Lipinski definition) is 1. The van der Waals surface area contributed by atoms with Crippen molar-refractivity contribution in [2.24, 2.45) is 5.73 Å². The van der Waals surface area contributed by atoms with E-state index in [1.165, 1.54) is 6.07 Å². The molecule has 0 bridgehead atoms. The predicted molar refractivity (Wildman–Crippen MR) is 94.8 cm³/mol. The number of halogens is 2. The third-order valence-electron chi connectivity index (χ3n) is 4.99. The molecular weight excluding hydrogens is 327 g/mol. The highest BCUT2D eigenvalue weighted by molar-refractivity contribution is 6.30. The fourth-order valence-electron chi connectivity index (χ4n) is 3.53. The molecule has 0 radical (unpaired) electrons. The molecule has 1 heterocycles. The van der Waals surface area contributed by atoms with Crippen molar-refractivity contribution in [3.63, 3.8) is 0 Å². The van der Waals surface area contributed by atoms with Gasteiger partial charge in [-0.05, 0) is 43.2 Å². The molecule has 0 spiro atoms. The minimum Gasteiger partial charge on any atom is -0.497 e. The van der Waals surface area contributed by atoms with Crippen LogP contribution in [0.5, 0.6) is 5.75 Å². The Kier molecular flexibility index (Phi) is 4.56. The second-order valence-corrected chi connectivity index (χ2v) is 7.06. The SMILES string of the molecule is COc1cc(F)c2c(c1)C(CN)N(C(C)(C)c1ccc(Cl)cc1)C2. The van der Waals surface area contributed by atoms with Gasteiger partial charge in [0.2, 0.25) is 0 Å². The number of methoxy groups -OCH3 is 1. The number of ether oxygens (including phenoxy) is 1. The van der Waals surface area contributed by atoms with Gasteiger partial charge in [-0.15, -0.1) is 0 Å². The van der Waals surface area contributed by atoms with Crippen molar-refractivity contribution >= 4 is 11.6 Å². The van der Waals surface area contributed by atoms with Crippen LogP contribution in [-0.2, 0) is 12.1 Å². The maximum atomic E-state index is 14.5. The quantitative estimate of drug-likeness (QED) is 0.898. The van der Waals surface area contributed by atoms with Gasteiger partial charge in [0, 0.05) is 41.3 Å². The van der Waals surface area contributed by atoms with E-state index in [2.05, 4.69) is 18.7 Å². The van der Waals surface area contributed by atoms with E-state index in [9.17, 15) is 4.39 Å². The summed E-state index contributed by atoms with van der Waals surface area (Å²) >= 11 is 6.01. The Hall–Kier alpha value is -1.62. The van der Waals surface area contributed by atoms with Gasteiger partial charge in [-0.25, -0.2) is 4.39 Å². The van der Waals surface area contributed by atoms with Gasteiger partial charge in [0.1, 0.15) is 11.6 Å². The lowest BCUT2D eigenvalue weighted by Gasteiger charge is -2.40. The summed E-state index contributed by atoms with van der Waals surface area (Å²) in [7, 11) is 1.54. The monoisotopic (exact) mass is 348 g/mol. The molecule has 24 heavy (non-hydrogen) atoms. The molecule has 2 N–H and O–H groups in total. The third kappa shape index (κ3) is 2.79. The fourth-order valence-corrected chi connectivity index (χ4v) is 3.65. The van der Waals surface area contributed by atoms with Gasteiger partial charge in [0.05, 0.1) is 7.11 Å². The van der Waals surface area contributed by atoms with E-state index in [4.69, 9.17) is 22.1 Å². The highest BCUT2D eigenvalue weighted by atomic mass is 35.5. The first kappa shape index (κ1) is 17.2. The van der Waals surface area contributed by atoms with Crippen LogP contribution in [0.3, 0.4) is 0 Å². The van der Waals surface area contributed by atoms with Crippen LogP contribution >= 0.6 is 11.6 Å². The normalized spacial score (nSPS) is 17.8. The average molecular weight is 349 g/mol. The first-order chi connectivity index (χ1) is 11.4. The highest BCUT2D eigenvalue weighted by Gasteiger charge is 2.41. The molecule has 128 valence electrons. The number of hydrogen-bond acceptors (Lipinski definition) is 3. The zero-order valence-electron chi connectivity index (χ0n) is 14.1. The second-order valence-electron chi connectivity index (χ2n) is 6.62. The maximum Gasteiger partial charge on any atom is 0.131 e. The minimum atomic E-state index is -0.312. The molecule has 1 aliphatic rings. The summed E-state index contributed by atoms with van der Waals surface area (Å²) < 4.78 is 19.7. The van der Waals surface area contributed by atoms with E-state index in [1.807, 2.05) is 30.3 Å². The van der Waals surface area contributed by atoms with Crippen LogP contribution in [-0.4, -0.2) is 18.6 Å². The first-order valence-corrected chi connectivity index (χ1v) is 8.35. The van der Waals surface area contributed by atoms with Crippen molar-refractivity contribution in [3.8, 4) is 5.75 Å². The van der Waals surface area contributed by atoms with Crippen LogP contribution in [0, 0.1) is 5.82 Å². The lowest BCUT2D eigenvalue weighted by Crippen LogP contribution is -2.42. The number of rotatable bonds is 4. The van der Waals surface area contributed by atoms with Gasteiger partial charge in [0.15, 0.2) is 0 Å². The van der Waals surface area contributed by atoms with Gasteiger partial charge in [0.25, 0.3) is 0 Å². The lowest BCUT2D eigenvalue weighted by atomic mass is 9.91. The summed E-state index contributed by atoms with van der Waals surface area (Å²) in [5.74, 6) is 0.285. The summed E-state index contributed by atoms with van der Waals surface area (Å²) in [6.07, 6.45) is 0. The molecule has 3 nitrogen and oxygen atoms in total. The maximum absolute atomic E-state index is 14.5. The molecular formula is C19H22ClFN2O. The third-order valence-corrected chi connectivity index (χ3v) is 5.25. The lowest BCUT2D eigenvalue weighted by molar-refractivity contribution is 0.0775. The van der Waals surface area contributed by atoms with E-state index >= 15 is 0 Å². The van der Waals surface area contributed by atoms with E-state index in [-0.39, 0.29) is 17.4 Å². The molecule has 2 aromatic rings. The Morgan fingerprint density at radius 1 is 1.29 bits per heavy atom. The average Bonchev–Trinajstić information content (AvgIpc) is 2.95. The minimum absolute atomic E-state index is 0.0599. The van der Waals surface area contributed by atoms with Crippen LogP contribution in [0.15, 0.2) is 36.4 Å². The molecule has 1 unspecified atom stereocenters. The van der Waals surface area contributed by atoms with Crippen LogP contribution in [0.25, 0.3) is 0 Å². The zero-order valence-corrected chi connectivity index (χ0v) is 14.9. The number of nitrogens with zero attached hydrogens (tertiary/aromatic N) is 1.